The van der Waals surface area contributed by atoms with E-state index in [1.165, 1.54) is 24.4 Å². The molecule has 1 unspecified atom stereocenters. The molecule has 4 nitrogen and oxygen atoms in total. The normalized spacial score (nSPS) is 20.2. The Labute approximate surface area is 173 Å². The van der Waals surface area contributed by atoms with Crippen LogP contribution >= 0.6 is 12.4 Å². The summed E-state index contributed by atoms with van der Waals surface area (Å²) in [7, 11) is 0. The summed E-state index contributed by atoms with van der Waals surface area (Å²) in [6.07, 6.45) is 1.45. The number of hydrogen-bond acceptors (Lipinski definition) is 4. The Morgan fingerprint density at radius 2 is 1.76 bits per heavy atom. The molecule has 146 valence electrons. The molecule has 0 fully saturated rings. The van der Waals surface area contributed by atoms with Crippen LogP contribution in [0, 0.1) is 23.1 Å². The molecule has 2 heterocycles. The molecule has 0 saturated heterocycles. The molecule has 0 radical (unpaired) electrons. The van der Waals surface area contributed by atoms with E-state index in [1.54, 1.807) is 36.4 Å². The average Bonchev–Trinajstić information content (AvgIpc) is 3.07. The van der Waals surface area contributed by atoms with Gasteiger partial charge in [0.05, 0.1) is 17.7 Å². The van der Waals surface area contributed by atoms with Gasteiger partial charge in [-0.25, -0.2) is 14.4 Å². The standard InChI is InChI=1S/C22H16F2N4.ClH/c1-14-22(17-5-8-19(23)9-6-17,18-7-10-20(24)26-13-18)28-21(27-14)16-4-2-3-15(11-16)12-25;/h2-11,13-14H,1H3,(H,27,28);1H/t14-,22?;/m0./s1. The molecular weight excluding hydrogens is 394 g/mol. The zero-order valence-electron chi connectivity index (χ0n) is 15.4. The van der Waals surface area contributed by atoms with E-state index < -0.39 is 11.5 Å². The summed E-state index contributed by atoms with van der Waals surface area (Å²) in [5.74, 6) is -0.318. The molecule has 0 aliphatic carbocycles. The summed E-state index contributed by atoms with van der Waals surface area (Å²) in [5, 5.41) is 12.5. The van der Waals surface area contributed by atoms with E-state index in [4.69, 9.17) is 4.99 Å². The van der Waals surface area contributed by atoms with Crippen molar-refractivity contribution in [1.29, 1.82) is 5.26 Å². The Bertz CT molecular complexity index is 1040. The van der Waals surface area contributed by atoms with E-state index in [9.17, 15) is 14.0 Å². The van der Waals surface area contributed by atoms with Crippen LogP contribution in [0.4, 0.5) is 8.78 Å². The summed E-state index contributed by atoms with van der Waals surface area (Å²) in [4.78, 5) is 8.75. The maximum absolute atomic E-state index is 13.5. The number of nitrogens with zero attached hydrogens (tertiary/aromatic N) is 3. The Balaban J connectivity index is 0.00000240. The summed E-state index contributed by atoms with van der Waals surface area (Å²) in [6, 6.07) is 18.1. The number of nitriles is 1. The number of rotatable bonds is 3. The lowest BCUT2D eigenvalue weighted by molar-refractivity contribution is 0.449. The highest BCUT2D eigenvalue weighted by molar-refractivity contribution is 6.01. The molecule has 2 aromatic carbocycles. The molecule has 7 heteroatoms. The van der Waals surface area contributed by atoms with Crippen molar-refractivity contribution in [2.75, 3.05) is 0 Å². The van der Waals surface area contributed by atoms with Crippen LogP contribution in [-0.4, -0.2) is 16.9 Å². The van der Waals surface area contributed by atoms with Crippen LogP contribution in [0.25, 0.3) is 0 Å². The third-order valence-corrected chi connectivity index (χ3v) is 4.98. The number of amidine groups is 1. The number of nitrogens with one attached hydrogen (secondary N) is 1. The van der Waals surface area contributed by atoms with Gasteiger partial charge in [0.2, 0.25) is 5.95 Å². The van der Waals surface area contributed by atoms with Crippen molar-refractivity contribution in [1.82, 2.24) is 10.3 Å². The minimum absolute atomic E-state index is 0. The van der Waals surface area contributed by atoms with Gasteiger partial charge in [-0.15, -0.1) is 12.4 Å². The van der Waals surface area contributed by atoms with Gasteiger partial charge in [0.1, 0.15) is 17.2 Å². The number of aromatic nitrogens is 1. The molecule has 1 aliphatic heterocycles. The average molecular weight is 411 g/mol. The minimum atomic E-state index is -0.910. The van der Waals surface area contributed by atoms with Crippen molar-refractivity contribution in [2.45, 2.75) is 18.5 Å². The molecule has 1 aromatic heterocycles. The molecule has 1 N–H and O–H groups in total. The van der Waals surface area contributed by atoms with E-state index in [0.29, 0.717) is 17.0 Å². The van der Waals surface area contributed by atoms with Crippen molar-refractivity contribution in [2.24, 2.45) is 4.99 Å². The van der Waals surface area contributed by atoms with Crippen molar-refractivity contribution in [3.05, 3.63) is 101 Å². The lowest BCUT2D eigenvalue weighted by Gasteiger charge is -2.31. The van der Waals surface area contributed by atoms with Crippen LogP contribution in [0.5, 0.6) is 0 Å². The molecule has 0 amide bonds. The Morgan fingerprint density at radius 1 is 1.03 bits per heavy atom. The van der Waals surface area contributed by atoms with Gasteiger partial charge < -0.3 is 5.32 Å². The fourth-order valence-electron chi connectivity index (χ4n) is 3.60. The van der Waals surface area contributed by atoms with Gasteiger partial charge in [-0.2, -0.15) is 9.65 Å². The third-order valence-electron chi connectivity index (χ3n) is 4.98. The number of aliphatic imine (C=N–C) groups is 1. The predicted octanol–water partition coefficient (Wildman–Crippen LogP) is 4.34. The summed E-state index contributed by atoms with van der Waals surface area (Å²) >= 11 is 0. The summed E-state index contributed by atoms with van der Waals surface area (Å²) < 4.78 is 27.0. The number of pyridine rings is 1. The van der Waals surface area contributed by atoms with E-state index in [0.717, 1.165) is 11.1 Å². The first-order chi connectivity index (χ1) is 13.5. The third kappa shape index (κ3) is 3.57. The van der Waals surface area contributed by atoms with Crippen LogP contribution < -0.4 is 5.32 Å². The van der Waals surface area contributed by atoms with Crippen molar-refractivity contribution >= 4 is 18.2 Å². The van der Waals surface area contributed by atoms with Crippen LogP contribution in [0.2, 0.25) is 0 Å². The van der Waals surface area contributed by atoms with Crippen molar-refractivity contribution in [3.63, 3.8) is 0 Å². The number of hydrogen-bond donors (Lipinski definition) is 1. The molecule has 1 aliphatic rings. The van der Waals surface area contributed by atoms with E-state index >= 15 is 0 Å². The van der Waals surface area contributed by atoms with Crippen molar-refractivity contribution in [3.8, 4) is 6.07 Å². The Morgan fingerprint density at radius 3 is 2.41 bits per heavy atom. The second kappa shape index (κ2) is 7.98. The molecule has 4 rings (SSSR count). The van der Waals surface area contributed by atoms with Gasteiger partial charge in [-0.1, -0.05) is 30.3 Å². The highest BCUT2D eigenvalue weighted by Crippen LogP contribution is 2.40. The van der Waals surface area contributed by atoms with E-state index in [-0.39, 0.29) is 24.3 Å². The molecule has 3 aromatic rings. The van der Waals surface area contributed by atoms with E-state index in [2.05, 4.69) is 16.4 Å². The first-order valence-electron chi connectivity index (χ1n) is 8.78. The molecule has 2 atom stereocenters. The quantitative estimate of drug-likeness (QED) is 0.653. The maximum Gasteiger partial charge on any atom is 0.212 e. The molecule has 0 spiro atoms. The molecule has 0 saturated carbocycles. The zero-order valence-corrected chi connectivity index (χ0v) is 16.3. The smallest absolute Gasteiger partial charge is 0.212 e. The highest BCUT2D eigenvalue weighted by atomic mass is 35.5. The molecular formula is C22H17ClF2N4. The SMILES string of the molecule is C[C@@H]1NC(c2cccc(C#N)c2)=NC1(c1ccc(F)cc1)c1ccc(F)nc1.Cl. The highest BCUT2D eigenvalue weighted by Gasteiger charge is 2.45. The Hall–Kier alpha value is -3.30. The van der Waals surface area contributed by atoms with Crippen LogP contribution in [0.15, 0.2) is 71.9 Å². The molecule has 29 heavy (non-hydrogen) atoms. The second-order valence-corrected chi connectivity index (χ2v) is 6.66. The van der Waals surface area contributed by atoms with Gasteiger partial charge in [-0.3, -0.25) is 0 Å². The maximum atomic E-state index is 13.5. The first-order valence-corrected chi connectivity index (χ1v) is 8.78. The van der Waals surface area contributed by atoms with Gasteiger partial charge in [0.25, 0.3) is 0 Å². The first kappa shape index (κ1) is 20.4. The van der Waals surface area contributed by atoms with Crippen LogP contribution in [-0.2, 0) is 5.54 Å². The fraction of sp³-hybridized carbons (Fsp3) is 0.136. The van der Waals surface area contributed by atoms with Gasteiger partial charge in [0, 0.05) is 17.3 Å². The zero-order chi connectivity index (χ0) is 19.7. The van der Waals surface area contributed by atoms with Gasteiger partial charge >= 0.3 is 0 Å². The monoisotopic (exact) mass is 410 g/mol. The lowest BCUT2D eigenvalue weighted by Crippen LogP contribution is -2.41. The minimum Gasteiger partial charge on any atom is -0.364 e. The number of benzene rings is 2. The lowest BCUT2D eigenvalue weighted by atomic mass is 9.79. The Kier molecular flexibility index (Phi) is 5.62. The summed E-state index contributed by atoms with van der Waals surface area (Å²) in [6.45, 7) is 1.96. The topological polar surface area (TPSA) is 61.1 Å². The van der Waals surface area contributed by atoms with Gasteiger partial charge in [0.15, 0.2) is 0 Å². The van der Waals surface area contributed by atoms with Crippen molar-refractivity contribution < 1.29 is 8.78 Å². The second-order valence-electron chi connectivity index (χ2n) is 6.66. The predicted molar refractivity (Wildman–Crippen MR) is 109 cm³/mol. The van der Waals surface area contributed by atoms with Crippen LogP contribution in [0.1, 0.15) is 29.2 Å². The molecule has 0 bridgehead atoms. The summed E-state index contributed by atoms with van der Waals surface area (Å²) in [5.41, 5.74) is 1.83. The largest absolute Gasteiger partial charge is 0.364 e. The van der Waals surface area contributed by atoms with Gasteiger partial charge in [-0.05, 0) is 42.8 Å². The number of halogens is 3. The fourth-order valence-corrected chi connectivity index (χ4v) is 3.60. The van der Waals surface area contributed by atoms with Crippen LogP contribution in [0.3, 0.4) is 0 Å². The van der Waals surface area contributed by atoms with E-state index in [1.807, 2.05) is 13.0 Å².